The molecule has 7 heteroatoms. The summed E-state index contributed by atoms with van der Waals surface area (Å²) in [6, 6.07) is 0.363. The monoisotopic (exact) mass is 322 g/mol. The summed E-state index contributed by atoms with van der Waals surface area (Å²) in [5, 5.41) is 8.69. The van der Waals surface area contributed by atoms with E-state index in [4.69, 9.17) is 0 Å². The molecule has 1 saturated heterocycles. The first-order valence-electron chi connectivity index (χ1n) is 8.11. The molecule has 1 aliphatic heterocycles. The van der Waals surface area contributed by atoms with E-state index in [0.717, 1.165) is 25.7 Å². The fourth-order valence-electron chi connectivity index (χ4n) is 3.33. The second-order valence-electron chi connectivity index (χ2n) is 6.20. The third-order valence-corrected chi connectivity index (χ3v) is 5.19. The van der Waals surface area contributed by atoms with E-state index in [1.54, 1.807) is 10.3 Å². The van der Waals surface area contributed by atoms with E-state index in [-0.39, 0.29) is 17.7 Å². The molecular formula is C15H22N4O2S. The SMILES string of the molecule is O=C(NC1CCCCC1)C1CCN(C(=O)c2csnn2)CC1. The zero-order chi connectivity index (χ0) is 15.4. The van der Waals surface area contributed by atoms with Crippen LogP contribution in [-0.4, -0.2) is 45.4 Å². The number of hydrogen-bond acceptors (Lipinski definition) is 5. The van der Waals surface area contributed by atoms with Gasteiger partial charge in [0.05, 0.1) is 0 Å². The second-order valence-corrected chi connectivity index (χ2v) is 6.81. The fraction of sp³-hybridized carbons (Fsp3) is 0.733. The van der Waals surface area contributed by atoms with Crippen LogP contribution in [0, 0.1) is 5.92 Å². The number of likely N-dealkylation sites (tertiary alicyclic amines) is 1. The molecule has 22 heavy (non-hydrogen) atoms. The predicted molar refractivity (Wildman–Crippen MR) is 83.6 cm³/mol. The lowest BCUT2D eigenvalue weighted by molar-refractivity contribution is -0.127. The first-order valence-corrected chi connectivity index (χ1v) is 8.94. The van der Waals surface area contributed by atoms with Crippen molar-refractivity contribution in [1.82, 2.24) is 19.8 Å². The van der Waals surface area contributed by atoms with Gasteiger partial charge in [-0.25, -0.2) is 0 Å². The van der Waals surface area contributed by atoms with E-state index >= 15 is 0 Å². The van der Waals surface area contributed by atoms with Crippen LogP contribution in [0.5, 0.6) is 0 Å². The van der Waals surface area contributed by atoms with Crippen LogP contribution in [0.15, 0.2) is 5.38 Å². The molecular weight excluding hydrogens is 300 g/mol. The maximum atomic E-state index is 12.3. The summed E-state index contributed by atoms with van der Waals surface area (Å²) in [5.41, 5.74) is 0.412. The molecule has 0 spiro atoms. The Labute approximate surface area is 134 Å². The minimum Gasteiger partial charge on any atom is -0.353 e. The predicted octanol–water partition coefficient (Wildman–Crippen LogP) is 1.84. The Morgan fingerprint density at radius 1 is 1.14 bits per heavy atom. The molecule has 2 aliphatic rings. The first-order chi connectivity index (χ1) is 10.7. The third kappa shape index (κ3) is 3.63. The van der Waals surface area contributed by atoms with Gasteiger partial charge in [0.1, 0.15) is 0 Å². The Kier molecular flexibility index (Phi) is 5.02. The van der Waals surface area contributed by atoms with Crippen LogP contribution in [0.4, 0.5) is 0 Å². The number of carbonyl (C=O) groups excluding carboxylic acids is 2. The van der Waals surface area contributed by atoms with Gasteiger partial charge in [0.25, 0.3) is 5.91 Å². The van der Waals surface area contributed by atoms with Crippen LogP contribution in [-0.2, 0) is 4.79 Å². The molecule has 0 bridgehead atoms. The number of carbonyl (C=O) groups is 2. The number of hydrogen-bond donors (Lipinski definition) is 1. The Bertz CT molecular complexity index is 506. The van der Waals surface area contributed by atoms with Crippen molar-refractivity contribution in [3.8, 4) is 0 Å². The average molecular weight is 322 g/mol. The van der Waals surface area contributed by atoms with Gasteiger partial charge in [-0.05, 0) is 37.2 Å². The summed E-state index contributed by atoms with van der Waals surface area (Å²) < 4.78 is 3.73. The number of rotatable bonds is 3. The largest absolute Gasteiger partial charge is 0.353 e. The van der Waals surface area contributed by atoms with Crippen molar-refractivity contribution in [1.29, 1.82) is 0 Å². The maximum Gasteiger partial charge on any atom is 0.275 e. The number of piperidine rings is 1. The van der Waals surface area contributed by atoms with E-state index in [9.17, 15) is 9.59 Å². The molecule has 120 valence electrons. The summed E-state index contributed by atoms with van der Waals surface area (Å²) in [7, 11) is 0. The molecule has 1 saturated carbocycles. The lowest BCUT2D eigenvalue weighted by Crippen LogP contribution is -2.45. The number of nitrogens with zero attached hydrogens (tertiary/aromatic N) is 3. The van der Waals surface area contributed by atoms with Gasteiger partial charge in [-0.15, -0.1) is 5.10 Å². The highest BCUT2D eigenvalue weighted by Gasteiger charge is 2.29. The maximum absolute atomic E-state index is 12.3. The number of nitrogens with one attached hydrogen (secondary N) is 1. The molecule has 3 rings (SSSR count). The smallest absolute Gasteiger partial charge is 0.275 e. The zero-order valence-electron chi connectivity index (χ0n) is 12.7. The van der Waals surface area contributed by atoms with Crippen LogP contribution >= 0.6 is 11.5 Å². The topological polar surface area (TPSA) is 75.2 Å². The van der Waals surface area contributed by atoms with Crippen molar-refractivity contribution in [2.75, 3.05) is 13.1 Å². The van der Waals surface area contributed by atoms with E-state index in [1.807, 2.05) is 0 Å². The second kappa shape index (κ2) is 7.17. The van der Waals surface area contributed by atoms with Crippen LogP contribution in [0.3, 0.4) is 0 Å². The summed E-state index contributed by atoms with van der Waals surface area (Å²) in [6.07, 6.45) is 7.43. The quantitative estimate of drug-likeness (QED) is 0.921. The Hall–Kier alpha value is -1.50. The highest BCUT2D eigenvalue weighted by Crippen LogP contribution is 2.22. The molecule has 0 atom stereocenters. The number of aromatic nitrogens is 2. The molecule has 1 aliphatic carbocycles. The summed E-state index contributed by atoms with van der Waals surface area (Å²) in [6.45, 7) is 1.25. The standard InChI is InChI=1S/C15H22N4O2S/c20-14(16-12-4-2-1-3-5-12)11-6-8-19(9-7-11)15(21)13-10-22-18-17-13/h10-12H,1-9H2,(H,16,20). The van der Waals surface area contributed by atoms with Crippen LogP contribution in [0.1, 0.15) is 55.4 Å². The molecule has 1 aromatic rings. The zero-order valence-corrected chi connectivity index (χ0v) is 13.5. The van der Waals surface area contributed by atoms with Crippen molar-refractivity contribution in [3.05, 3.63) is 11.1 Å². The van der Waals surface area contributed by atoms with Crippen LogP contribution in [0.25, 0.3) is 0 Å². The Morgan fingerprint density at radius 2 is 1.86 bits per heavy atom. The fourth-order valence-corrected chi connectivity index (χ4v) is 3.76. The molecule has 1 aromatic heterocycles. The van der Waals surface area contributed by atoms with Gasteiger partial charge in [0.15, 0.2) is 5.69 Å². The lowest BCUT2D eigenvalue weighted by atomic mass is 9.92. The van der Waals surface area contributed by atoms with Gasteiger partial charge in [0, 0.05) is 30.4 Å². The van der Waals surface area contributed by atoms with Gasteiger partial charge in [-0.3, -0.25) is 9.59 Å². The molecule has 1 N–H and O–H groups in total. The normalized spacial score (nSPS) is 20.8. The van der Waals surface area contributed by atoms with Gasteiger partial charge < -0.3 is 10.2 Å². The summed E-state index contributed by atoms with van der Waals surface area (Å²) in [4.78, 5) is 26.3. The molecule has 0 radical (unpaired) electrons. The van der Waals surface area contributed by atoms with E-state index in [2.05, 4.69) is 14.9 Å². The minimum absolute atomic E-state index is 0.0412. The summed E-state index contributed by atoms with van der Waals surface area (Å²) >= 11 is 1.18. The highest BCUT2D eigenvalue weighted by atomic mass is 32.1. The van der Waals surface area contributed by atoms with Crippen molar-refractivity contribution in [3.63, 3.8) is 0 Å². The molecule has 2 amide bonds. The van der Waals surface area contributed by atoms with E-state index < -0.39 is 0 Å². The lowest BCUT2D eigenvalue weighted by Gasteiger charge is -2.32. The van der Waals surface area contributed by atoms with Gasteiger partial charge >= 0.3 is 0 Å². The third-order valence-electron chi connectivity index (χ3n) is 4.68. The van der Waals surface area contributed by atoms with Crippen molar-refractivity contribution >= 4 is 23.3 Å². The van der Waals surface area contributed by atoms with Crippen molar-refractivity contribution in [2.24, 2.45) is 5.92 Å². The van der Waals surface area contributed by atoms with Gasteiger partial charge in [-0.2, -0.15) is 0 Å². The molecule has 0 aromatic carbocycles. The highest BCUT2D eigenvalue weighted by molar-refractivity contribution is 7.03. The van der Waals surface area contributed by atoms with Crippen molar-refractivity contribution in [2.45, 2.75) is 51.0 Å². The minimum atomic E-state index is -0.0695. The van der Waals surface area contributed by atoms with Gasteiger partial charge in [-0.1, -0.05) is 23.8 Å². The molecule has 2 fully saturated rings. The van der Waals surface area contributed by atoms with E-state index in [1.165, 1.54) is 30.8 Å². The molecule has 6 nitrogen and oxygen atoms in total. The van der Waals surface area contributed by atoms with Gasteiger partial charge in [0.2, 0.25) is 5.91 Å². The molecule has 0 unspecified atom stereocenters. The first kappa shape index (κ1) is 15.4. The average Bonchev–Trinajstić information content (AvgIpc) is 3.10. The molecule has 2 heterocycles. The van der Waals surface area contributed by atoms with Crippen LogP contribution < -0.4 is 5.32 Å². The number of amides is 2. The Morgan fingerprint density at radius 3 is 2.50 bits per heavy atom. The van der Waals surface area contributed by atoms with E-state index in [0.29, 0.717) is 24.8 Å². The van der Waals surface area contributed by atoms with Crippen LogP contribution in [0.2, 0.25) is 0 Å². The Balaban J connectivity index is 1.46. The summed E-state index contributed by atoms with van der Waals surface area (Å²) in [5.74, 6) is 0.147. The van der Waals surface area contributed by atoms with Crippen molar-refractivity contribution < 1.29 is 9.59 Å².